The summed E-state index contributed by atoms with van der Waals surface area (Å²) in [5, 5.41) is 23.8. The van der Waals surface area contributed by atoms with Crippen LogP contribution in [0.15, 0.2) is 28.9 Å². The Morgan fingerprint density at radius 2 is 2.10 bits per heavy atom. The fourth-order valence-corrected chi connectivity index (χ4v) is 4.12. The first-order valence-corrected chi connectivity index (χ1v) is 10.6. The standard InChI is InChI=1S/C21H24BrN5O4/c1-31-19(29)11-17-15(20(24)30)13-27(25-17)21(4-7-23)5-8-26(9-6-21)12-14-2-3-16(22)18(28)10-14/h2-3,10,13,28H,4-6,8-9,11-12H2,1H3,(H2,24,30). The number of piperidine rings is 1. The Labute approximate surface area is 188 Å². The number of primary amides is 1. The minimum atomic E-state index is -0.676. The van der Waals surface area contributed by atoms with Crippen LogP contribution in [-0.2, 0) is 28.0 Å². The Kier molecular flexibility index (Phi) is 6.97. The minimum absolute atomic E-state index is 0.162. The van der Waals surface area contributed by atoms with Crippen LogP contribution in [0.4, 0.5) is 0 Å². The van der Waals surface area contributed by atoms with Gasteiger partial charge < -0.3 is 15.6 Å². The van der Waals surface area contributed by atoms with Crippen LogP contribution in [0.1, 0.15) is 40.9 Å². The van der Waals surface area contributed by atoms with Crippen molar-refractivity contribution in [2.24, 2.45) is 5.73 Å². The number of aromatic nitrogens is 2. The number of aromatic hydroxyl groups is 1. The summed E-state index contributed by atoms with van der Waals surface area (Å²) in [5.74, 6) is -0.999. The number of nitrogens with zero attached hydrogens (tertiary/aromatic N) is 4. The summed E-state index contributed by atoms with van der Waals surface area (Å²) >= 11 is 3.28. The number of benzene rings is 1. The van der Waals surface area contributed by atoms with Gasteiger partial charge in [-0.2, -0.15) is 10.4 Å². The van der Waals surface area contributed by atoms with Gasteiger partial charge in [-0.3, -0.25) is 19.2 Å². The van der Waals surface area contributed by atoms with E-state index >= 15 is 0 Å². The van der Waals surface area contributed by atoms with Crippen LogP contribution in [0.2, 0.25) is 0 Å². The van der Waals surface area contributed by atoms with Crippen molar-refractivity contribution in [3.05, 3.63) is 45.7 Å². The Hall–Kier alpha value is -2.90. The first-order chi connectivity index (χ1) is 14.8. The Bertz CT molecular complexity index is 1020. The molecule has 164 valence electrons. The third-order valence-corrected chi connectivity index (χ3v) is 6.36. The molecule has 1 aliphatic rings. The number of amides is 1. The van der Waals surface area contributed by atoms with E-state index in [1.807, 2.05) is 12.1 Å². The van der Waals surface area contributed by atoms with E-state index in [0.717, 1.165) is 5.56 Å². The number of nitriles is 1. The number of methoxy groups -OCH3 is 1. The number of nitrogens with two attached hydrogens (primary N) is 1. The van der Waals surface area contributed by atoms with Gasteiger partial charge in [0.15, 0.2) is 0 Å². The number of likely N-dealkylation sites (tertiary alicyclic amines) is 1. The van der Waals surface area contributed by atoms with Gasteiger partial charge in [0.05, 0.1) is 47.3 Å². The average Bonchev–Trinajstić information content (AvgIpc) is 3.17. The second-order valence-corrected chi connectivity index (χ2v) is 8.53. The van der Waals surface area contributed by atoms with Crippen molar-refractivity contribution in [2.75, 3.05) is 20.2 Å². The van der Waals surface area contributed by atoms with Crippen molar-refractivity contribution in [1.29, 1.82) is 5.26 Å². The first-order valence-electron chi connectivity index (χ1n) is 9.80. The SMILES string of the molecule is COC(=O)Cc1nn(C2(CC#N)CCN(Cc3ccc(Br)c(O)c3)CC2)cc1C(N)=O. The molecule has 2 heterocycles. The lowest BCUT2D eigenvalue weighted by Gasteiger charge is -2.40. The summed E-state index contributed by atoms with van der Waals surface area (Å²) in [6.45, 7) is 2.08. The molecule has 1 saturated heterocycles. The van der Waals surface area contributed by atoms with E-state index in [1.54, 1.807) is 16.9 Å². The fourth-order valence-electron chi connectivity index (χ4n) is 3.87. The van der Waals surface area contributed by atoms with Crippen molar-refractivity contribution in [3.63, 3.8) is 0 Å². The highest BCUT2D eigenvalue weighted by molar-refractivity contribution is 9.10. The van der Waals surface area contributed by atoms with Crippen LogP contribution < -0.4 is 5.73 Å². The second-order valence-electron chi connectivity index (χ2n) is 7.67. The predicted molar refractivity (Wildman–Crippen MR) is 115 cm³/mol. The maximum atomic E-state index is 11.9. The van der Waals surface area contributed by atoms with Crippen molar-refractivity contribution in [3.8, 4) is 11.8 Å². The zero-order chi connectivity index (χ0) is 22.6. The summed E-state index contributed by atoms with van der Waals surface area (Å²) in [5.41, 5.74) is 6.30. The number of rotatable bonds is 7. The van der Waals surface area contributed by atoms with Gasteiger partial charge in [0.25, 0.3) is 5.91 Å². The molecule has 1 amide bonds. The highest BCUT2D eigenvalue weighted by Crippen LogP contribution is 2.35. The summed E-state index contributed by atoms with van der Waals surface area (Å²) in [7, 11) is 1.27. The zero-order valence-electron chi connectivity index (χ0n) is 17.2. The zero-order valence-corrected chi connectivity index (χ0v) is 18.8. The number of hydrogen-bond donors (Lipinski definition) is 2. The number of phenols is 1. The smallest absolute Gasteiger partial charge is 0.311 e. The van der Waals surface area contributed by atoms with E-state index < -0.39 is 17.4 Å². The quantitative estimate of drug-likeness (QED) is 0.568. The van der Waals surface area contributed by atoms with E-state index in [0.29, 0.717) is 36.9 Å². The first kappa shape index (κ1) is 22.8. The normalized spacial score (nSPS) is 15.9. The van der Waals surface area contributed by atoms with Gasteiger partial charge in [-0.15, -0.1) is 0 Å². The largest absolute Gasteiger partial charge is 0.507 e. The highest BCUT2D eigenvalue weighted by Gasteiger charge is 2.38. The molecular formula is C21H24BrN5O4. The van der Waals surface area contributed by atoms with Gasteiger partial charge in [0.2, 0.25) is 0 Å². The maximum Gasteiger partial charge on any atom is 0.311 e. The van der Waals surface area contributed by atoms with Crippen LogP contribution in [-0.4, -0.2) is 51.9 Å². The summed E-state index contributed by atoms with van der Waals surface area (Å²) < 4.78 is 6.97. The van der Waals surface area contributed by atoms with Crippen LogP contribution >= 0.6 is 15.9 Å². The molecule has 1 aromatic carbocycles. The molecule has 0 saturated carbocycles. The molecule has 10 heteroatoms. The van der Waals surface area contributed by atoms with E-state index in [2.05, 4.69) is 36.7 Å². The van der Waals surface area contributed by atoms with Crippen LogP contribution in [0.25, 0.3) is 0 Å². The van der Waals surface area contributed by atoms with E-state index in [1.165, 1.54) is 7.11 Å². The second kappa shape index (κ2) is 9.49. The van der Waals surface area contributed by atoms with E-state index in [9.17, 15) is 20.0 Å². The van der Waals surface area contributed by atoms with Gasteiger partial charge in [-0.05, 0) is 46.5 Å². The van der Waals surface area contributed by atoms with Gasteiger partial charge in [-0.25, -0.2) is 0 Å². The van der Waals surface area contributed by atoms with Crippen molar-refractivity contribution < 1.29 is 19.4 Å². The van der Waals surface area contributed by atoms with Crippen LogP contribution in [0.3, 0.4) is 0 Å². The molecule has 1 aliphatic heterocycles. The molecule has 3 rings (SSSR count). The number of hydrogen-bond acceptors (Lipinski definition) is 7. The maximum absolute atomic E-state index is 11.9. The highest BCUT2D eigenvalue weighted by atomic mass is 79.9. The lowest BCUT2D eigenvalue weighted by molar-refractivity contribution is -0.139. The number of carbonyl (C=O) groups excluding carboxylic acids is 2. The molecule has 1 aromatic heterocycles. The Morgan fingerprint density at radius 1 is 1.39 bits per heavy atom. The molecule has 0 unspecified atom stereocenters. The van der Waals surface area contributed by atoms with Gasteiger partial charge in [0.1, 0.15) is 5.75 Å². The van der Waals surface area contributed by atoms with Crippen molar-refractivity contribution >= 4 is 27.8 Å². The summed E-state index contributed by atoms with van der Waals surface area (Å²) in [6, 6.07) is 7.73. The molecule has 31 heavy (non-hydrogen) atoms. The molecule has 1 fully saturated rings. The molecule has 0 aliphatic carbocycles. The Balaban J connectivity index is 1.80. The number of halogens is 1. The van der Waals surface area contributed by atoms with Crippen molar-refractivity contribution in [1.82, 2.24) is 14.7 Å². The fraction of sp³-hybridized carbons (Fsp3) is 0.429. The molecule has 0 radical (unpaired) electrons. The third kappa shape index (κ3) is 5.06. The number of ether oxygens (including phenoxy) is 1. The van der Waals surface area contributed by atoms with Crippen molar-refractivity contribution in [2.45, 2.75) is 37.8 Å². The molecule has 2 aromatic rings. The van der Waals surface area contributed by atoms with Gasteiger partial charge in [-0.1, -0.05) is 6.07 Å². The third-order valence-electron chi connectivity index (χ3n) is 5.69. The minimum Gasteiger partial charge on any atom is -0.507 e. The Morgan fingerprint density at radius 3 is 2.68 bits per heavy atom. The number of carbonyl (C=O) groups is 2. The number of esters is 1. The number of phenolic OH excluding ortho intramolecular Hbond substituents is 1. The van der Waals surface area contributed by atoms with Gasteiger partial charge in [0, 0.05) is 25.8 Å². The molecule has 9 nitrogen and oxygen atoms in total. The summed E-state index contributed by atoms with van der Waals surface area (Å²) in [6.07, 6.45) is 2.88. The van der Waals surface area contributed by atoms with E-state index in [-0.39, 0.29) is 29.8 Å². The molecule has 0 atom stereocenters. The van der Waals surface area contributed by atoms with E-state index in [4.69, 9.17) is 5.73 Å². The summed E-state index contributed by atoms with van der Waals surface area (Å²) in [4.78, 5) is 25.8. The molecule has 0 bridgehead atoms. The predicted octanol–water partition coefficient (Wildman–Crippen LogP) is 2.07. The lowest BCUT2D eigenvalue weighted by Crippen LogP contribution is -2.46. The topological polar surface area (TPSA) is 134 Å². The molecule has 0 spiro atoms. The van der Waals surface area contributed by atoms with Crippen LogP contribution in [0.5, 0.6) is 5.75 Å². The average molecular weight is 490 g/mol. The molecule has 3 N–H and O–H groups in total. The lowest BCUT2D eigenvalue weighted by atomic mass is 9.84. The van der Waals surface area contributed by atoms with Gasteiger partial charge >= 0.3 is 5.97 Å². The monoisotopic (exact) mass is 489 g/mol. The molecular weight excluding hydrogens is 466 g/mol. The van der Waals surface area contributed by atoms with Crippen LogP contribution in [0, 0.1) is 11.3 Å².